The number of hydrogen-bond acceptors (Lipinski definition) is 8. The van der Waals surface area contributed by atoms with E-state index in [1.165, 1.54) is 5.56 Å². The van der Waals surface area contributed by atoms with Gasteiger partial charge in [-0.3, -0.25) is 19.2 Å². The van der Waals surface area contributed by atoms with Crippen molar-refractivity contribution in [2.24, 2.45) is 0 Å². The largest absolute Gasteiger partial charge is 0.322 e. The van der Waals surface area contributed by atoms with Crippen LogP contribution in [0, 0.1) is 0 Å². The number of hydrogen-bond donors (Lipinski definition) is 2. The Kier molecular flexibility index (Phi) is 10.3. The third kappa shape index (κ3) is 10.1. The molecule has 41 heavy (non-hydrogen) atoms. The second-order valence-corrected chi connectivity index (χ2v) is 11.4. The summed E-state index contributed by atoms with van der Waals surface area (Å²) >= 11 is 0. The van der Waals surface area contributed by atoms with Gasteiger partial charge >= 0.3 is 0 Å². The maximum atomic E-state index is 12.9. The number of rotatable bonds is 7. The lowest BCUT2D eigenvalue weighted by Crippen LogP contribution is -2.43. The van der Waals surface area contributed by atoms with E-state index in [1.54, 1.807) is 18.6 Å². The molecule has 214 valence electrons. The maximum Gasteiger partial charge on any atom is 0.261 e. The first-order valence-corrected chi connectivity index (χ1v) is 15.0. The second-order valence-electron chi connectivity index (χ2n) is 9.94. The molecule has 0 aliphatic carbocycles. The van der Waals surface area contributed by atoms with Gasteiger partial charge in [-0.15, -0.1) is 0 Å². The van der Waals surface area contributed by atoms with Gasteiger partial charge in [0.2, 0.25) is 0 Å². The van der Waals surface area contributed by atoms with Crippen molar-refractivity contribution < 1.29 is 17.8 Å². The summed E-state index contributed by atoms with van der Waals surface area (Å²) in [4.78, 5) is 31.0. The first-order valence-electron chi connectivity index (χ1n) is 13.2. The highest BCUT2D eigenvalue weighted by atomic mass is 32.2. The number of benzene rings is 2. The van der Waals surface area contributed by atoms with E-state index >= 15 is 0 Å². The van der Waals surface area contributed by atoms with Gasteiger partial charge in [0.1, 0.15) is 5.82 Å². The Balaban J connectivity index is 0.000000714. The summed E-state index contributed by atoms with van der Waals surface area (Å²) in [6.07, 6.45) is 6.59. The molecule has 10 nitrogen and oxygen atoms in total. The zero-order chi connectivity index (χ0) is 29.2. The third-order valence-electron chi connectivity index (χ3n) is 6.43. The van der Waals surface area contributed by atoms with Crippen molar-refractivity contribution in [3.63, 3.8) is 0 Å². The standard InChI is InChI=1S/C29H30N6O.CH4O3S/c1-34-14-16-35(17-15-34)21-22-7-9-24(10-8-22)29(36)32-26-6-2-4-23(18-26)19-28-31-13-11-27(33-28)25-5-3-12-30-20-25;1-5(2,3)4/h2-13,18,20H,14-17,19,21H2,1H3,(H,32,36);1H3,(H,2,3,4). The Morgan fingerprint density at radius 1 is 0.951 bits per heavy atom. The molecule has 1 amide bonds. The summed E-state index contributed by atoms with van der Waals surface area (Å²) in [5.41, 5.74) is 5.45. The number of carbonyl (C=O) groups is 1. The van der Waals surface area contributed by atoms with Gasteiger partial charge in [-0.1, -0.05) is 24.3 Å². The Bertz CT molecular complexity index is 1530. The fourth-order valence-electron chi connectivity index (χ4n) is 4.33. The minimum atomic E-state index is -3.67. The van der Waals surface area contributed by atoms with Crippen molar-refractivity contribution in [2.75, 3.05) is 44.8 Å². The Labute approximate surface area is 240 Å². The highest BCUT2D eigenvalue weighted by molar-refractivity contribution is 7.85. The maximum absolute atomic E-state index is 12.9. The number of carbonyl (C=O) groups excluding carboxylic acids is 1. The average Bonchev–Trinajstić information content (AvgIpc) is 2.95. The van der Waals surface area contributed by atoms with Crippen LogP contribution in [-0.4, -0.2) is 83.1 Å². The molecule has 1 aliphatic heterocycles. The van der Waals surface area contributed by atoms with Crippen molar-refractivity contribution in [3.8, 4) is 11.3 Å². The lowest BCUT2D eigenvalue weighted by molar-refractivity contribution is 0.102. The van der Waals surface area contributed by atoms with E-state index in [0.29, 0.717) is 18.2 Å². The number of piperazine rings is 1. The van der Waals surface area contributed by atoms with Crippen molar-refractivity contribution in [2.45, 2.75) is 13.0 Å². The number of nitrogens with zero attached hydrogens (tertiary/aromatic N) is 5. The lowest BCUT2D eigenvalue weighted by Gasteiger charge is -2.32. The third-order valence-corrected chi connectivity index (χ3v) is 6.43. The van der Waals surface area contributed by atoms with Gasteiger partial charge in [-0.05, 0) is 60.6 Å². The quantitative estimate of drug-likeness (QED) is 0.318. The molecule has 1 aliphatic rings. The molecule has 0 spiro atoms. The van der Waals surface area contributed by atoms with Crippen molar-refractivity contribution in [3.05, 3.63) is 108 Å². The number of pyridine rings is 1. The fraction of sp³-hybridized carbons (Fsp3) is 0.267. The summed E-state index contributed by atoms with van der Waals surface area (Å²) in [7, 11) is -1.50. The molecule has 4 aromatic rings. The molecule has 0 radical (unpaired) electrons. The van der Waals surface area contributed by atoms with E-state index in [2.05, 4.69) is 49.2 Å². The van der Waals surface area contributed by atoms with Crippen LogP contribution in [0.2, 0.25) is 0 Å². The van der Waals surface area contributed by atoms with Crippen LogP contribution >= 0.6 is 0 Å². The number of likely N-dealkylation sites (N-methyl/N-ethyl adjacent to an activating group) is 1. The molecular weight excluding hydrogens is 540 g/mol. The van der Waals surface area contributed by atoms with Crippen molar-refractivity contribution in [1.82, 2.24) is 24.8 Å². The predicted molar refractivity (Wildman–Crippen MR) is 159 cm³/mol. The highest BCUT2D eigenvalue weighted by Crippen LogP contribution is 2.18. The molecule has 5 rings (SSSR count). The second kappa shape index (κ2) is 14.0. The van der Waals surface area contributed by atoms with Crippen molar-refractivity contribution >= 4 is 21.7 Å². The normalized spacial score (nSPS) is 14.1. The zero-order valence-electron chi connectivity index (χ0n) is 23.1. The molecule has 0 atom stereocenters. The van der Waals surface area contributed by atoms with Crippen LogP contribution in [0.1, 0.15) is 27.3 Å². The molecule has 1 fully saturated rings. The van der Waals surface area contributed by atoms with E-state index in [9.17, 15) is 13.2 Å². The van der Waals surface area contributed by atoms with Crippen LogP contribution in [-0.2, 0) is 23.1 Å². The fourth-order valence-corrected chi connectivity index (χ4v) is 4.33. The van der Waals surface area contributed by atoms with E-state index < -0.39 is 10.1 Å². The topological polar surface area (TPSA) is 129 Å². The summed E-state index contributed by atoms with van der Waals surface area (Å²) in [6.45, 7) is 5.27. The van der Waals surface area contributed by atoms with Crippen LogP contribution < -0.4 is 5.32 Å². The summed E-state index contributed by atoms with van der Waals surface area (Å²) < 4.78 is 25.9. The zero-order valence-corrected chi connectivity index (χ0v) is 24.0. The number of amides is 1. The predicted octanol–water partition coefficient (Wildman–Crippen LogP) is 3.63. The van der Waals surface area contributed by atoms with E-state index in [4.69, 9.17) is 4.55 Å². The van der Waals surface area contributed by atoms with Crippen LogP contribution in [0.25, 0.3) is 11.3 Å². The number of anilines is 1. The van der Waals surface area contributed by atoms with Crippen LogP contribution in [0.5, 0.6) is 0 Å². The molecule has 3 heterocycles. The van der Waals surface area contributed by atoms with Crippen LogP contribution in [0.3, 0.4) is 0 Å². The lowest BCUT2D eigenvalue weighted by atomic mass is 10.1. The summed E-state index contributed by atoms with van der Waals surface area (Å²) in [6, 6.07) is 21.5. The minimum Gasteiger partial charge on any atom is -0.322 e. The van der Waals surface area contributed by atoms with Crippen molar-refractivity contribution in [1.29, 1.82) is 0 Å². The van der Waals surface area contributed by atoms with Gasteiger partial charge in [0.05, 0.1) is 11.9 Å². The number of aromatic nitrogens is 3. The van der Waals surface area contributed by atoms with Gasteiger partial charge in [-0.25, -0.2) is 9.97 Å². The molecule has 1 saturated heterocycles. The van der Waals surface area contributed by atoms with Crippen LogP contribution in [0.15, 0.2) is 85.3 Å². The first-order chi connectivity index (χ1) is 19.6. The molecule has 2 aromatic heterocycles. The molecule has 2 aromatic carbocycles. The Morgan fingerprint density at radius 2 is 1.68 bits per heavy atom. The molecule has 0 unspecified atom stereocenters. The highest BCUT2D eigenvalue weighted by Gasteiger charge is 2.14. The van der Waals surface area contributed by atoms with Crippen LogP contribution in [0.4, 0.5) is 5.69 Å². The van der Waals surface area contributed by atoms with Gasteiger partial charge in [0.15, 0.2) is 0 Å². The monoisotopic (exact) mass is 574 g/mol. The van der Waals surface area contributed by atoms with Gasteiger partial charge in [0, 0.05) is 74.5 Å². The molecule has 11 heteroatoms. The molecule has 0 bridgehead atoms. The molecule has 0 saturated carbocycles. The Morgan fingerprint density at radius 3 is 2.37 bits per heavy atom. The van der Waals surface area contributed by atoms with E-state index in [1.807, 2.05) is 54.6 Å². The first kappa shape index (κ1) is 29.9. The minimum absolute atomic E-state index is 0.117. The van der Waals surface area contributed by atoms with Gasteiger partial charge in [0.25, 0.3) is 16.0 Å². The summed E-state index contributed by atoms with van der Waals surface area (Å²) in [5.74, 6) is 0.601. The Hall–Kier alpha value is -4.03. The van der Waals surface area contributed by atoms with E-state index in [0.717, 1.165) is 61.1 Å². The molecular formula is C30H34N6O4S. The number of nitrogens with one attached hydrogen (secondary N) is 1. The SMILES string of the molecule is CN1CCN(Cc2ccc(C(=O)Nc3cccc(Cc4nccc(-c5cccnc5)n4)c3)cc2)CC1.CS(=O)(=O)O. The molecule has 2 N–H and O–H groups in total. The van der Waals surface area contributed by atoms with Gasteiger partial charge < -0.3 is 10.2 Å². The average molecular weight is 575 g/mol. The van der Waals surface area contributed by atoms with Gasteiger partial charge in [-0.2, -0.15) is 8.42 Å². The smallest absolute Gasteiger partial charge is 0.261 e. The summed E-state index contributed by atoms with van der Waals surface area (Å²) in [5, 5.41) is 3.02. The van der Waals surface area contributed by atoms with E-state index in [-0.39, 0.29) is 5.91 Å².